The van der Waals surface area contributed by atoms with Crippen LogP contribution in [0, 0.1) is 11.6 Å². The third-order valence-corrected chi connectivity index (χ3v) is 3.99. The Balaban J connectivity index is 1.97. The lowest BCUT2D eigenvalue weighted by molar-refractivity contribution is 0.102. The molecule has 0 atom stereocenters. The summed E-state index contributed by atoms with van der Waals surface area (Å²) >= 11 is 9.51. The molecule has 0 bridgehead atoms. The standard InChI is InChI=1S/C15H8BrClF2N2O/c16-7-1-3-11-9(5-7)13(17)14(20-11)15(22)21-12-4-2-8(18)6-10(12)19/h1-6,20H,(H,21,22). The Morgan fingerprint density at radius 1 is 1.18 bits per heavy atom. The van der Waals surface area contributed by atoms with Crippen LogP contribution in [0.3, 0.4) is 0 Å². The van der Waals surface area contributed by atoms with Crippen LogP contribution in [-0.4, -0.2) is 10.9 Å². The van der Waals surface area contributed by atoms with E-state index in [1.165, 1.54) is 0 Å². The fourth-order valence-electron chi connectivity index (χ4n) is 2.06. The first kappa shape index (κ1) is 15.0. The Morgan fingerprint density at radius 2 is 1.95 bits per heavy atom. The normalized spacial score (nSPS) is 10.9. The number of aromatic amines is 1. The molecule has 0 unspecified atom stereocenters. The second kappa shape index (κ2) is 5.70. The Morgan fingerprint density at radius 3 is 2.68 bits per heavy atom. The molecule has 0 spiro atoms. The van der Waals surface area contributed by atoms with E-state index in [2.05, 4.69) is 26.2 Å². The summed E-state index contributed by atoms with van der Waals surface area (Å²) in [7, 11) is 0. The molecule has 3 nitrogen and oxygen atoms in total. The average molecular weight is 386 g/mol. The molecule has 0 aliphatic heterocycles. The van der Waals surface area contributed by atoms with Gasteiger partial charge in [0.1, 0.15) is 17.3 Å². The van der Waals surface area contributed by atoms with Crippen LogP contribution in [0.15, 0.2) is 40.9 Å². The van der Waals surface area contributed by atoms with Gasteiger partial charge in [-0.25, -0.2) is 8.78 Å². The Kier molecular flexibility index (Phi) is 3.88. The van der Waals surface area contributed by atoms with E-state index in [9.17, 15) is 13.6 Å². The summed E-state index contributed by atoms with van der Waals surface area (Å²) in [5, 5.41) is 3.26. The zero-order valence-corrected chi connectivity index (χ0v) is 13.2. The van der Waals surface area contributed by atoms with E-state index in [0.29, 0.717) is 17.0 Å². The predicted molar refractivity (Wildman–Crippen MR) is 85.3 cm³/mol. The third-order valence-electron chi connectivity index (χ3n) is 3.10. The Labute approximate surface area is 137 Å². The highest BCUT2D eigenvalue weighted by molar-refractivity contribution is 9.10. The number of aromatic nitrogens is 1. The predicted octanol–water partition coefficient (Wildman–Crippen LogP) is 5.11. The average Bonchev–Trinajstić information content (AvgIpc) is 2.79. The molecule has 0 saturated heterocycles. The van der Waals surface area contributed by atoms with Crippen LogP contribution in [0.4, 0.5) is 14.5 Å². The summed E-state index contributed by atoms with van der Waals surface area (Å²) in [6, 6.07) is 8.23. The van der Waals surface area contributed by atoms with Crippen LogP contribution >= 0.6 is 27.5 Å². The summed E-state index contributed by atoms with van der Waals surface area (Å²) in [6.07, 6.45) is 0. The minimum atomic E-state index is -0.858. The van der Waals surface area contributed by atoms with Gasteiger partial charge in [-0.15, -0.1) is 0 Å². The lowest BCUT2D eigenvalue weighted by atomic mass is 10.2. The summed E-state index contributed by atoms with van der Waals surface area (Å²) in [5.74, 6) is -2.19. The van der Waals surface area contributed by atoms with Gasteiger partial charge in [0.05, 0.1) is 10.7 Å². The Hall–Kier alpha value is -1.92. The second-order valence-corrected chi connectivity index (χ2v) is 5.88. The largest absolute Gasteiger partial charge is 0.349 e. The van der Waals surface area contributed by atoms with Crippen molar-refractivity contribution in [3.63, 3.8) is 0 Å². The van der Waals surface area contributed by atoms with Gasteiger partial charge in [-0.3, -0.25) is 4.79 Å². The fourth-order valence-corrected chi connectivity index (χ4v) is 2.71. The van der Waals surface area contributed by atoms with Gasteiger partial charge in [-0.2, -0.15) is 0 Å². The summed E-state index contributed by atoms with van der Waals surface area (Å²) in [4.78, 5) is 15.1. The van der Waals surface area contributed by atoms with Crippen molar-refractivity contribution in [1.29, 1.82) is 0 Å². The highest BCUT2D eigenvalue weighted by Gasteiger charge is 2.18. The molecule has 22 heavy (non-hydrogen) atoms. The highest BCUT2D eigenvalue weighted by atomic mass is 79.9. The molecule has 0 radical (unpaired) electrons. The molecule has 0 aliphatic carbocycles. The molecule has 1 amide bonds. The van der Waals surface area contributed by atoms with E-state index in [0.717, 1.165) is 16.6 Å². The van der Waals surface area contributed by atoms with E-state index in [4.69, 9.17) is 11.6 Å². The van der Waals surface area contributed by atoms with Gasteiger partial charge in [-0.05, 0) is 30.3 Å². The number of halogens is 4. The molecule has 0 fully saturated rings. The zero-order valence-electron chi connectivity index (χ0n) is 10.9. The maximum atomic E-state index is 13.6. The van der Waals surface area contributed by atoms with E-state index in [1.54, 1.807) is 18.2 Å². The van der Waals surface area contributed by atoms with Crippen molar-refractivity contribution in [1.82, 2.24) is 4.98 Å². The molecular weight excluding hydrogens is 378 g/mol. The van der Waals surface area contributed by atoms with Crippen molar-refractivity contribution >= 4 is 50.0 Å². The van der Waals surface area contributed by atoms with Crippen LogP contribution in [0.1, 0.15) is 10.5 Å². The first-order valence-corrected chi connectivity index (χ1v) is 7.36. The molecule has 0 aliphatic rings. The number of amides is 1. The van der Waals surface area contributed by atoms with E-state index >= 15 is 0 Å². The minimum Gasteiger partial charge on any atom is -0.349 e. The number of rotatable bonds is 2. The van der Waals surface area contributed by atoms with Crippen molar-refractivity contribution in [2.75, 3.05) is 5.32 Å². The van der Waals surface area contributed by atoms with Gasteiger partial charge in [0.25, 0.3) is 5.91 Å². The molecule has 2 N–H and O–H groups in total. The number of carbonyl (C=O) groups excluding carboxylic acids is 1. The lowest BCUT2D eigenvalue weighted by Crippen LogP contribution is -2.14. The molecule has 112 valence electrons. The number of hydrogen-bond donors (Lipinski definition) is 2. The van der Waals surface area contributed by atoms with Crippen LogP contribution in [-0.2, 0) is 0 Å². The molecule has 0 saturated carbocycles. The Bertz CT molecular complexity index is 895. The molecule has 2 aromatic carbocycles. The van der Waals surface area contributed by atoms with Crippen LogP contribution in [0.2, 0.25) is 5.02 Å². The van der Waals surface area contributed by atoms with Crippen molar-refractivity contribution in [3.8, 4) is 0 Å². The summed E-state index contributed by atoms with van der Waals surface area (Å²) in [5.41, 5.74) is 0.665. The molecule has 3 aromatic rings. The fraction of sp³-hybridized carbons (Fsp3) is 0. The second-order valence-electron chi connectivity index (χ2n) is 4.58. The van der Waals surface area contributed by atoms with Crippen molar-refractivity contribution in [2.24, 2.45) is 0 Å². The van der Waals surface area contributed by atoms with Gasteiger partial charge in [-0.1, -0.05) is 27.5 Å². The van der Waals surface area contributed by atoms with Crippen LogP contribution < -0.4 is 5.32 Å². The first-order chi connectivity index (χ1) is 10.5. The van der Waals surface area contributed by atoms with Crippen LogP contribution in [0.5, 0.6) is 0 Å². The quantitative estimate of drug-likeness (QED) is 0.632. The molecule has 1 aromatic heterocycles. The zero-order chi connectivity index (χ0) is 15.9. The molecule has 1 heterocycles. The monoisotopic (exact) mass is 384 g/mol. The van der Waals surface area contributed by atoms with Crippen LogP contribution in [0.25, 0.3) is 10.9 Å². The maximum Gasteiger partial charge on any atom is 0.273 e. The smallest absolute Gasteiger partial charge is 0.273 e. The number of benzene rings is 2. The number of carbonyl (C=O) groups is 1. The minimum absolute atomic E-state index is 0.110. The number of hydrogen-bond acceptors (Lipinski definition) is 1. The number of H-pyrrole nitrogens is 1. The number of anilines is 1. The van der Waals surface area contributed by atoms with Crippen molar-refractivity contribution in [2.45, 2.75) is 0 Å². The van der Waals surface area contributed by atoms with Gasteiger partial charge in [0, 0.05) is 21.4 Å². The number of nitrogens with one attached hydrogen (secondary N) is 2. The molecule has 3 rings (SSSR count). The number of fused-ring (bicyclic) bond motifs is 1. The highest BCUT2D eigenvalue weighted by Crippen LogP contribution is 2.30. The molecule has 7 heteroatoms. The molecular formula is C15H8BrClF2N2O. The van der Waals surface area contributed by atoms with Crippen molar-refractivity contribution in [3.05, 3.63) is 63.2 Å². The van der Waals surface area contributed by atoms with Gasteiger partial charge in [0.2, 0.25) is 0 Å². The van der Waals surface area contributed by atoms with E-state index < -0.39 is 17.5 Å². The van der Waals surface area contributed by atoms with E-state index in [-0.39, 0.29) is 16.4 Å². The van der Waals surface area contributed by atoms with Gasteiger partial charge < -0.3 is 10.3 Å². The summed E-state index contributed by atoms with van der Waals surface area (Å²) in [6.45, 7) is 0. The van der Waals surface area contributed by atoms with Gasteiger partial charge >= 0.3 is 0 Å². The third kappa shape index (κ3) is 2.71. The maximum absolute atomic E-state index is 13.6. The van der Waals surface area contributed by atoms with Crippen molar-refractivity contribution < 1.29 is 13.6 Å². The van der Waals surface area contributed by atoms with Gasteiger partial charge in [0.15, 0.2) is 0 Å². The topological polar surface area (TPSA) is 44.9 Å². The first-order valence-electron chi connectivity index (χ1n) is 6.19. The lowest BCUT2D eigenvalue weighted by Gasteiger charge is -2.05. The summed E-state index contributed by atoms with van der Waals surface area (Å²) < 4.78 is 27.3. The van der Waals surface area contributed by atoms with E-state index in [1.807, 2.05) is 0 Å². The SMILES string of the molecule is O=C(Nc1ccc(F)cc1F)c1[nH]c2ccc(Br)cc2c1Cl.